The summed E-state index contributed by atoms with van der Waals surface area (Å²) < 4.78 is 9.34. The first-order valence-corrected chi connectivity index (χ1v) is 4.15. The number of hydrogen-bond donors (Lipinski definition) is 2. The van der Waals surface area contributed by atoms with Gasteiger partial charge in [-0.05, 0) is 0 Å². The summed E-state index contributed by atoms with van der Waals surface area (Å²) in [6, 6.07) is 1.02. The van der Waals surface area contributed by atoms with Gasteiger partial charge in [-0.3, -0.25) is 4.79 Å². The van der Waals surface area contributed by atoms with E-state index in [0.717, 1.165) is 0 Å². The molecule has 0 bridgehead atoms. The first-order valence-electron chi connectivity index (χ1n) is 4.15. The largest absolute Gasteiger partial charge is 0.383 e. The van der Waals surface area contributed by atoms with E-state index >= 15 is 0 Å². The first kappa shape index (κ1) is 10.7. The number of nitrogens with two attached hydrogens (primary N) is 1. The number of amides is 1. The van der Waals surface area contributed by atoms with E-state index < -0.39 is 6.04 Å². The van der Waals surface area contributed by atoms with Gasteiger partial charge in [0.2, 0.25) is 5.91 Å². The van der Waals surface area contributed by atoms with Gasteiger partial charge in [-0.15, -0.1) is 0 Å². The fraction of sp³-hybridized carbons (Fsp3) is 0.500. The molecule has 0 aliphatic carbocycles. The third-order valence-corrected chi connectivity index (χ3v) is 1.62. The van der Waals surface area contributed by atoms with Gasteiger partial charge in [0.25, 0.3) is 0 Å². The molecule has 78 valence electrons. The van der Waals surface area contributed by atoms with Crippen LogP contribution < -0.4 is 11.1 Å². The molecule has 6 heteroatoms. The molecular formula is C8H13N3O3. The summed E-state index contributed by atoms with van der Waals surface area (Å²) in [6.07, 6.45) is 1.44. The molecule has 0 aromatic carbocycles. The highest BCUT2D eigenvalue weighted by Gasteiger charge is 2.12. The number of aromatic nitrogens is 1. The average Bonchev–Trinajstić information content (AvgIpc) is 2.67. The Kier molecular flexibility index (Phi) is 4.09. The molecule has 0 aliphatic heterocycles. The van der Waals surface area contributed by atoms with Crippen LogP contribution in [0.2, 0.25) is 0 Å². The third kappa shape index (κ3) is 3.15. The van der Waals surface area contributed by atoms with Gasteiger partial charge in [-0.25, -0.2) is 0 Å². The Morgan fingerprint density at radius 3 is 3.21 bits per heavy atom. The van der Waals surface area contributed by atoms with E-state index in [1.54, 1.807) is 6.07 Å². The van der Waals surface area contributed by atoms with Gasteiger partial charge < -0.3 is 20.3 Å². The number of methoxy groups -OCH3 is 1. The van der Waals surface area contributed by atoms with Crippen molar-refractivity contribution < 1.29 is 14.1 Å². The molecular weight excluding hydrogens is 186 g/mol. The molecule has 1 aromatic heterocycles. The molecule has 1 atom stereocenters. The summed E-state index contributed by atoms with van der Waals surface area (Å²) in [7, 11) is 1.49. The van der Waals surface area contributed by atoms with E-state index in [1.807, 2.05) is 0 Å². The average molecular weight is 199 g/mol. The van der Waals surface area contributed by atoms with Crippen molar-refractivity contribution in [2.24, 2.45) is 5.73 Å². The maximum atomic E-state index is 11.3. The smallest absolute Gasteiger partial charge is 0.239 e. The molecule has 0 radical (unpaired) electrons. The van der Waals surface area contributed by atoms with Gasteiger partial charge in [0.1, 0.15) is 18.0 Å². The van der Waals surface area contributed by atoms with E-state index in [1.165, 1.54) is 13.4 Å². The first-order chi connectivity index (χ1) is 6.74. The lowest BCUT2D eigenvalue weighted by atomic mass is 10.3. The number of hydrogen-bond acceptors (Lipinski definition) is 5. The highest BCUT2D eigenvalue weighted by Crippen LogP contribution is 1.93. The molecule has 1 aromatic rings. The summed E-state index contributed by atoms with van der Waals surface area (Å²) >= 11 is 0. The minimum absolute atomic E-state index is 0.199. The zero-order valence-corrected chi connectivity index (χ0v) is 7.90. The van der Waals surface area contributed by atoms with Gasteiger partial charge in [-0.2, -0.15) is 0 Å². The molecule has 0 spiro atoms. The number of carbonyl (C=O) groups excluding carboxylic acids is 1. The maximum Gasteiger partial charge on any atom is 0.239 e. The number of carbonyl (C=O) groups is 1. The SMILES string of the molecule is COCC(N)C(=O)NCc1ccon1. The van der Waals surface area contributed by atoms with E-state index in [4.69, 9.17) is 10.5 Å². The van der Waals surface area contributed by atoms with Crippen LogP contribution in [0.15, 0.2) is 16.9 Å². The highest BCUT2D eigenvalue weighted by atomic mass is 16.5. The van der Waals surface area contributed by atoms with Crippen LogP contribution in [0.1, 0.15) is 5.69 Å². The van der Waals surface area contributed by atoms with Gasteiger partial charge in [0.05, 0.1) is 13.2 Å². The van der Waals surface area contributed by atoms with E-state index in [9.17, 15) is 4.79 Å². The molecule has 0 fully saturated rings. The Morgan fingerprint density at radius 2 is 2.64 bits per heavy atom. The minimum atomic E-state index is -0.646. The molecule has 1 amide bonds. The van der Waals surface area contributed by atoms with Crippen molar-refractivity contribution in [1.82, 2.24) is 10.5 Å². The minimum Gasteiger partial charge on any atom is -0.383 e. The molecule has 1 heterocycles. The van der Waals surface area contributed by atoms with Gasteiger partial charge >= 0.3 is 0 Å². The lowest BCUT2D eigenvalue weighted by Gasteiger charge is -2.09. The molecule has 0 saturated heterocycles. The predicted octanol–water partition coefficient (Wildman–Crippen LogP) is -0.735. The molecule has 14 heavy (non-hydrogen) atoms. The van der Waals surface area contributed by atoms with Gasteiger partial charge in [0, 0.05) is 13.2 Å². The molecule has 0 saturated carbocycles. The molecule has 3 N–H and O–H groups in total. The zero-order chi connectivity index (χ0) is 10.4. The standard InChI is InChI=1S/C8H13N3O3/c1-13-5-7(9)8(12)10-4-6-2-3-14-11-6/h2-3,7H,4-5,9H2,1H3,(H,10,12). The topological polar surface area (TPSA) is 90.4 Å². The second-order valence-electron chi connectivity index (χ2n) is 2.77. The second-order valence-corrected chi connectivity index (χ2v) is 2.77. The number of ether oxygens (including phenoxy) is 1. The fourth-order valence-corrected chi connectivity index (χ4v) is 0.893. The van der Waals surface area contributed by atoms with Crippen LogP contribution in [-0.2, 0) is 16.1 Å². The molecule has 6 nitrogen and oxygen atoms in total. The van der Waals surface area contributed by atoms with Crippen molar-refractivity contribution in [2.45, 2.75) is 12.6 Å². The van der Waals surface area contributed by atoms with Crippen molar-refractivity contribution in [3.05, 3.63) is 18.0 Å². The maximum absolute atomic E-state index is 11.3. The molecule has 1 rings (SSSR count). The summed E-state index contributed by atoms with van der Waals surface area (Å²) in [5.41, 5.74) is 6.14. The normalized spacial score (nSPS) is 12.4. The Balaban J connectivity index is 2.27. The van der Waals surface area contributed by atoms with Crippen molar-refractivity contribution in [3.8, 4) is 0 Å². The van der Waals surface area contributed by atoms with Crippen molar-refractivity contribution in [2.75, 3.05) is 13.7 Å². The summed E-state index contributed by atoms with van der Waals surface area (Å²) in [6.45, 7) is 0.511. The van der Waals surface area contributed by atoms with Crippen molar-refractivity contribution in [1.29, 1.82) is 0 Å². The monoisotopic (exact) mass is 199 g/mol. The van der Waals surface area contributed by atoms with Crippen molar-refractivity contribution >= 4 is 5.91 Å². The number of nitrogens with one attached hydrogen (secondary N) is 1. The Hall–Kier alpha value is -1.40. The van der Waals surface area contributed by atoms with E-state index in [-0.39, 0.29) is 12.5 Å². The predicted molar refractivity (Wildman–Crippen MR) is 48.2 cm³/mol. The van der Waals surface area contributed by atoms with Gasteiger partial charge in [-0.1, -0.05) is 5.16 Å². The van der Waals surface area contributed by atoms with Crippen LogP contribution in [0.4, 0.5) is 0 Å². The zero-order valence-electron chi connectivity index (χ0n) is 7.90. The second kappa shape index (κ2) is 5.36. The Bertz CT molecular complexity index is 273. The van der Waals surface area contributed by atoms with Crippen LogP contribution in [0.5, 0.6) is 0 Å². The summed E-state index contributed by atoms with van der Waals surface area (Å²) in [5.74, 6) is -0.269. The summed E-state index contributed by atoms with van der Waals surface area (Å²) in [4.78, 5) is 11.3. The lowest BCUT2D eigenvalue weighted by molar-refractivity contribution is -0.123. The molecule has 0 aliphatic rings. The third-order valence-electron chi connectivity index (χ3n) is 1.62. The quantitative estimate of drug-likeness (QED) is 0.652. The van der Waals surface area contributed by atoms with Crippen LogP contribution in [0.25, 0.3) is 0 Å². The van der Waals surface area contributed by atoms with Crippen LogP contribution in [0.3, 0.4) is 0 Å². The van der Waals surface area contributed by atoms with Crippen LogP contribution >= 0.6 is 0 Å². The van der Waals surface area contributed by atoms with Crippen molar-refractivity contribution in [3.63, 3.8) is 0 Å². The Labute approximate surface area is 81.4 Å². The van der Waals surface area contributed by atoms with E-state index in [0.29, 0.717) is 12.2 Å². The van der Waals surface area contributed by atoms with E-state index in [2.05, 4.69) is 15.0 Å². The number of rotatable bonds is 5. The fourth-order valence-electron chi connectivity index (χ4n) is 0.893. The van der Waals surface area contributed by atoms with Crippen LogP contribution in [-0.4, -0.2) is 30.8 Å². The lowest BCUT2D eigenvalue weighted by Crippen LogP contribution is -2.43. The highest BCUT2D eigenvalue weighted by molar-refractivity contribution is 5.81. The molecule has 1 unspecified atom stereocenters. The Morgan fingerprint density at radius 1 is 1.86 bits per heavy atom. The van der Waals surface area contributed by atoms with Gasteiger partial charge in [0.15, 0.2) is 0 Å². The number of nitrogens with zero attached hydrogens (tertiary/aromatic N) is 1. The summed E-state index contributed by atoms with van der Waals surface area (Å²) in [5, 5.41) is 6.23. The van der Waals surface area contributed by atoms with Crippen LogP contribution in [0, 0.1) is 0 Å².